The van der Waals surface area contributed by atoms with Crippen LogP contribution in [0.15, 0.2) is 0 Å². The van der Waals surface area contributed by atoms with E-state index in [9.17, 15) is 9.59 Å². The lowest BCUT2D eigenvalue weighted by Crippen LogP contribution is -2.26. The highest BCUT2D eigenvalue weighted by molar-refractivity contribution is 5.86. The Morgan fingerprint density at radius 1 is 1.59 bits per heavy atom. The van der Waals surface area contributed by atoms with Crippen LogP contribution in [-0.4, -0.2) is 39.1 Å². The number of primary amides is 1. The molecule has 0 radical (unpaired) electrons. The Morgan fingerprint density at radius 2 is 2.24 bits per heavy atom. The van der Waals surface area contributed by atoms with Gasteiger partial charge in [0.05, 0.1) is 24.8 Å². The molecule has 1 amide bonds. The maximum Gasteiger partial charge on any atom is 0.358 e. The van der Waals surface area contributed by atoms with Gasteiger partial charge < -0.3 is 15.6 Å². The summed E-state index contributed by atoms with van der Waals surface area (Å²) in [7, 11) is 1.43. The minimum atomic E-state index is -1.19. The molecular weight excluding hydrogens is 228 g/mol. The first-order valence-electron chi connectivity index (χ1n) is 4.91. The molecule has 1 atom stereocenters. The number of carbonyl (C=O) groups excluding carboxylic acids is 1. The largest absolute Gasteiger partial charge is 0.476 e. The molecule has 0 bridgehead atoms. The van der Waals surface area contributed by atoms with Crippen molar-refractivity contribution in [3.63, 3.8) is 0 Å². The highest BCUT2D eigenvalue weighted by atomic mass is 16.5. The van der Waals surface area contributed by atoms with Crippen LogP contribution in [0.5, 0.6) is 0 Å². The van der Waals surface area contributed by atoms with Gasteiger partial charge in [0.2, 0.25) is 5.91 Å². The Balaban J connectivity index is 2.99. The molecule has 8 heteroatoms. The fourth-order valence-corrected chi connectivity index (χ4v) is 1.27. The molecule has 17 heavy (non-hydrogen) atoms. The van der Waals surface area contributed by atoms with Gasteiger partial charge >= 0.3 is 5.97 Å². The first kappa shape index (κ1) is 13.1. The summed E-state index contributed by atoms with van der Waals surface area (Å²) in [6.45, 7) is 1.86. The molecule has 3 N–H and O–H groups in total. The Bertz CT molecular complexity index is 429. The minimum Gasteiger partial charge on any atom is -0.476 e. The second-order valence-corrected chi connectivity index (χ2v) is 3.61. The second-order valence-electron chi connectivity index (χ2n) is 3.61. The van der Waals surface area contributed by atoms with E-state index in [0.717, 1.165) is 0 Å². The maximum atomic E-state index is 10.9. The van der Waals surface area contributed by atoms with Gasteiger partial charge in [-0.05, 0) is 0 Å². The van der Waals surface area contributed by atoms with Gasteiger partial charge in [0.1, 0.15) is 0 Å². The lowest BCUT2D eigenvalue weighted by molar-refractivity contribution is -0.121. The quantitative estimate of drug-likeness (QED) is 0.676. The van der Waals surface area contributed by atoms with E-state index >= 15 is 0 Å². The standard InChI is InChI=1S/C9H14N4O4/c1-5(8(10)14)3-13-6(4-17-2)7(9(15)16)11-12-13/h5H,3-4H2,1-2H3,(H2,10,14)(H,15,16). The molecule has 0 spiro atoms. The minimum absolute atomic E-state index is 0.0557. The molecule has 94 valence electrons. The number of carbonyl (C=O) groups is 2. The number of nitrogens with zero attached hydrogens (tertiary/aromatic N) is 3. The topological polar surface area (TPSA) is 120 Å². The number of rotatable bonds is 6. The van der Waals surface area contributed by atoms with Crippen molar-refractivity contribution < 1.29 is 19.4 Å². The summed E-state index contributed by atoms with van der Waals surface area (Å²) in [5.41, 5.74) is 5.26. The zero-order chi connectivity index (χ0) is 13.0. The molecule has 1 unspecified atom stereocenters. The van der Waals surface area contributed by atoms with E-state index in [4.69, 9.17) is 15.6 Å². The van der Waals surface area contributed by atoms with Crippen LogP contribution >= 0.6 is 0 Å². The Kier molecular flexibility index (Phi) is 4.16. The van der Waals surface area contributed by atoms with Crippen molar-refractivity contribution in [3.8, 4) is 0 Å². The molecule has 0 fully saturated rings. The smallest absolute Gasteiger partial charge is 0.358 e. The van der Waals surface area contributed by atoms with Gasteiger partial charge in [-0.2, -0.15) is 0 Å². The molecule has 0 saturated carbocycles. The maximum absolute atomic E-state index is 10.9. The van der Waals surface area contributed by atoms with Crippen LogP contribution in [0.25, 0.3) is 0 Å². The van der Waals surface area contributed by atoms with Crippen molar-refractivity contribution in [3.05, 3.63) is 11.4 Å². The highest BCUT2D eigenvalue weighted by Crippen LogP contribution is 2.09. The summed E-state index contributed by atoms with van der Waals surface area (Å²) >= 11 is 0. The number of nitrogens with two attached hydrogens (primary N) is 1. The van der Waals surface area contributed by atoms with Gasteiger partial charge in [-0.3, -0.25) is 4.79 Å². The van der Waals surface area contributed by atoms with Gasteiger partial charge in [-0.25, -0.2) is 9.48 Å². The number of ether oxygens (including phenoxy) is 1. The van der Waals surface area contributed by atoms with Crippen molar-refractivity contribution in [2.45, 2.75) is 20.1 Å². The fourth-order valence-electron chi connectivity index (χ4n) is 1.27. The van der Waals surface area contributed by atoms with Gasteiger partial charge in [-0.15, -0.1) is 5.10 Å². The molecular formula is C9H14N4O4. The third-order valence-electron chi connectivity index (χ3n) is 2.25. The third kappa shape index (κ3) is 3.00. The number of methoxy groups -OCH3 is 1. The first-order valence-corrected chi connectivity index (χ1v) is 4.91. The van der Waals surface area contributed by atoms with E-state index in [0.29, 0.717) is 5.69 Å². The zero-order valence-corrected chi connectivity index (χ0v) is 9.58. The molecule has 0 aromatic carbocycles. The summed E-state index contributed by atoms with van der Waals surface area (Å²) < 4.78 is 6.20. The van der Waals surface area contributed by atoms with Crippen molar-refractivity contribution in [1.29, 1.82) is 0 Å². The molecule has 1 heterocycles. The molecule has 0 aliphatic carbocycles. The van der Waals surface area contributed by atoms with Crippen LogP contribution < -0.4 is 5.73 Å². The summed E-state index contributed by atoms with van der Waals surface area (Å²) in [5.74, 6) is -2.13. The number of amides is 1. The molecule has 1 rings (SSSR count). The SMILES string of the molecule is COCc1c(C(=O)O)nnn1CC(C)C(N)=O. The number of aromatic carboxylic acids is 1. The van der Waals surface area contributed by atoms with E-state index in [-0.39, 0.29) is 18.8 Å². The Morgan fingerprint density at radius 3 is 2.71 bits per heavy atom. The van der Waals surface area contributed by atoms with E-state index in [2.05, 4.69) is 10.3 Å². The van der Waals surface area contributed by atoms with E-state index < -0.39 is 17.8 Å². The van der Waals surface area contributed by atoms with Crippen LogP contribution in [0.2, 0.25) is 0 Å². The van der Waals surface area contributed by atoms with Crippen molar-refractivity contribution in [2.24, 2.45) is 11.7 Å². The molecule has 1 aromatic heterocycles. The van der Waals surface area contributed by atoms with Crippen LogP contribution in [0.1, 0.15) is 23.1 Å². The van der Waals surface area contributed by atoms with Gasteiger partial charge in [0.15, 0.2) is 5.69 Å². The average Bonchev–Trinajstić information content (AvgIpc) is 2.62. The Hall–Kier alpha value is -1.96. The number of carboxylic acid groups (broad SMARTS) is 1. The summed E-state index contributed by atoms with van der Waals surface area (Å²) in [4.78, 5) is 21.8. The predicted octanol–water partition coefficient (Wildman–Crippen LogP) is -0.756. The number of hydrogen-bond acceptors (Lipinski definition) is 5. The van der Waals surface area contributed by atoms with Crippen LogP contribution in [0.3, 0.4) is 0 Å². The first-order chi connectivity index (χ1) is 7.97. The van der Waals surface area contributed by atoms with Gasteiger partial charge in [0.25, 0.3) is 0 Å². The molecule has 0 aliphatic heterocycles. The van der Waals surface area contributed by atoms with E-state index in [1.165, 1.54) is 11.8 Å². The van der Waals surface area contributed by atoms with Crippen LogP contribution in [0, 0.1) is 5.92 Å². The van der Waals surface area contributed by atoms with Gasteiger partial charge in [0, 0.05) is 7.11 Å². The van der Waals surface area contributed by atoms with Gasteiger partial charge in [-0.1, -0.05) is 12.1 Å². The fraction of sp³-hybridized carbons (Fsp3) is 0.556. The lowest BCUT2D eigenvalue weighted by Gasteiger charge is -2.09. The average molecular weight is 242 g/mol. The predicted molar refractivity (Wildman–Crippen MR) is 56.1 cm³/mol. The summed E-state index contributed by atoms with van der Waals surface area (Å²) in [6, 6.07) is 0. The van der Waals surface area contributed by atoms with Crippen LogP contribution in [0.4, 0.5) is 0 Å². The second kappa shape index (κ2) is 5.39. The zero-order valence-electron chi connectivity index (χ0n) is 9.58. The number of aromatic nitrogens is 3. The monoisotopic (exact) mass is 242 g/mol. The normalized spacial score (nSPS) is 12.4. The molecule has 1 aromatic rings. The third-order valence-corrected chi connectivity index (χ3v) is 2.25. The molecule has 0 saturated heterocycles. The Labute approximate surface area is 97.4 Å². The molecule has 8 nitrogen and oxygen atoms in total. The van der Waals surface area contributed by atoms with Crippen molar-refractivity contribution in [1.82, 2.24) is 15.0 Å². The van der Waals surface area contributed by atoms with Crippen molar-refractivity contribution >= 4 is 11.9 Å². The lowest BCUT2D eigenvalue weighted by atomic mass is 10.1. The van der Waals surface area contributed by atoms with Crippen molar-refractivity contribution in [2.75, 3.05) is 7.11 Å². The molecule has 0 aliphatic rings. The van der Waals surface area contributed by atoms with E-state index in [1.807, 2.05) is 0 Å². The highest BCUT2D eigenvalue weighted by Gasteiger charge is 2.21. The van der Waals surface area contributed by atoms with Crippen LogP contribution in [-0.2, 0) is 22.7 Å². The van der Waals surface area contributed by atoms with E-state index in [1.54, 1.807) is 6.92 Å². The number of hydrogen-bond donors (Lipinski definition) is 2. The number of carboxylic acids is 1. The summed E-state index contributed by atoms with van der Waals surface area (Å²) in [5, 5.41) is 16.1. The summed E-state index contributed by atoms with van der Waals surface area (Å²) in [6.07, 6.45) is 0.